The molecule has 2 aliphatic rings. The molecule has 2 atom stereocenters. The van der Waals surface area contributed by atoms with Crippen LogP contribution in [0.15, 0.2) is 30.3 Å². The van der Waals surface area contributed by atoms with Gasteiger partial charge in [0.15, 0.2) is 9.84 Å². The van der Waals surface area contributed by atoms with Gasteiger partial charge in [-0.3, -0.25) is 4.79 Å². The normalized spacial score (nSPS) is 27.0. The van der Waals surface area contributed by atoms with Gasteiger partial charge in [0.1, 0.15) is 0 Å². The van der Waals surface area contributed by atoms with E-state index in [-0.39, 0.29) is 29.4 Å². The summed E-state index contributed by atoms with van der Waals surface area (Å²) in [5, 5.41) is 0. The fourth-order valence-corrected chi connectivity index (χ4v) is 5.69. The van der Waals surface area contributed by atoms with Crippen LogP contribution >= 0.6 is 0 Å². The molecule has 1 aromatic rings. The van der Waals surface area contributed by atoms with Crippen LogP contribution < -0.4 is 0 Å². The fraction of sp³-hybridized carbons (Fsp3) is 0.611. The van der Waals surface area contributed by atoms with Crippen molar-refractivity contribution in [3.8, 4) is 0 Å². The molecule has 126 valence electrons. The van der Waals surface area contributed by atoms with Crippen LogP contribution in [0.4, 0.5) is 0 Å². The minimum Gasteiger partial charge on any atom is -0.339 e. The van der Waals surface area contributed by atoms with Crippen LogP contribution in [-0.2, 0) is 21.1 Å². The van der Waals surface area contributed by atoms with Crippen LogP contribution in [0.3, 0.4) is 0 Å². The molecule has 0 spiro atoms. The summed E-state index contributed by atoms with van der Waals surface area (Å²) in [5.41, 5.74) is 1.26. The highest BCUT2D eigenvalue weighted by Crippen LogP contribution is 2.26. The Balaban J connectivity index is 1.62. The summed E-state index contributed by atoms with van der Waals surface area (Å²) in [6.45, 7) is 0.815. The van der Waals surface area contributed by atoms with Gasteiger partial charge in [0, 0.05) is 19.0 Å². The van der Waals surface area contributed by atoms with Crippen LogP contribution in [0.2, 0.25) is 0 Å². The highest BCUT2D eigenvalue weighted by atomic mass is 32.2. The third-order valence-electron chi connectivity index (χ3n) is 5.05. The average molecular weight is 335 g/mol. The summed E-state index contributed by atoms with van der Waals surface area (Å²) in [7, 11) is -2.90. The lowest BCUT2D eigenvalue weighted by molar-refractivity contribution is -0.135. The Bertz CT molecular complexity index is 641. The van der Waals surface area contributed by atoms with E-state index in [0.717, 1.165) is 25.8 Å². The number of carbonyl (C=O) groups is 1. The second kappa shape index (κ2) is 7.04. The molecule has 0 aliphatic carbocycles. The molecule has 2 aliphatic heterocycles. The highest BCUT2D eigenvalue weighted by Gasteiger charge is 2.33. The molecule has 23 heavy (non-hydrogen) atoms. The molecule has 1 amide bonds. The topological polar surface area (TPSA) is 54.5 Å². The molecule has 2 unspecified atom stereocenters. The number of likely N-dealkylation sites (tertiary alicyclic amines) is 1. The van der Waals surface area contributed by atoms with Crippen molar-refractivity contribution in [3.05, 3.63) is 35.9 Å². The summed E-state index contributed by atoms with van der Waals surface area (Å²) in [6.07, 6.45) is 5.20. The van der Waals surface area contributed by atoms with Crippen molar-refractivity contribution >= 4 is 15.7 Å². The zero-order valence-corrected chi connectivity index (χ0v) is 14.3. The molecule has 1 aromatic carbocycles. The van der Waals surface area contributed by atoms with Gasteiger partial charge >= 0.3 is 0 Å². The summed E-state index contributed by atoms with van der Waals surface area (Å²) < 4.78 is 23.2. The number of amides is 1. The Kier molecular flexibility index (Phi) is 5.05. The van der Waals surface area contributed by atoms with Crippen molar-refractivity contribution in [2.75, 3.05) is 18.1 Å². The second-order valence-corrected chi connectivity index (χ2v) is 9.13. The number of carbonyl (C=O) groups excluding carboxylic acids is 1. The Morgan fingerprint density at radius 3 is 2.61 bits per heavy atom. The van der Waals surface area contributed by atoms with Gasteiger partial charge in [0.2, 0.25) is 5.91 Å². The smallest absolute Gasteiger partial charge is 0.223 e. The van der Waals surface area contributed by atoms with Crippen molar-refractivity contribution < 1.29 is 13.2 Å². The molecule has 2 heterocycles. The van der Waals surface area contributed by atoms with Gasteiger partial charge in [-0.05, 0) is 43.6 Å². The molecule has 4 nitrogen and oxygen atoms in total. The Hall–Kier alpha value is -1.36. The number of benzene rings is 1. The number of hydrogen-bond acceptors (Lipinski definition) is 3. The summed E-state index contributed by atoms with van der Waals surface area (Å²) >= 11 is 0. The molecular weight excluding hydrogens is 310 g/mol. The van der Waals surface area contributed by atoms with E-state index in [0.29, 0.717) is 12.8 Å². The first kappa shape index (κ1) is 16.5. The Labute approximate surface area is 138 Å². The van der Waals surface area contributed by atoms with Gasteiger partial charge in [0.25, 0.3) is 0 Å². The molecule has 0 aromatic heterocycles. The van der Waals surface area contributed by atoms with Crippen molar-refractivity contribution in [2.45, 2.75) is 44.6 Å². The van der Waals surface area contributed by atoms with Crippen molar-refractivity contribution in [1.29, 1.82) is 0 Å². The molecule has 0 N–H and O–H groups in total. The average Bonchev–Trinajstić information content (AvgIpc) is 2.87. The van der Waals surface area contributed by atoms with Gasteiger partial charge in [-0.25, -0.2) is 8.42 Å². The number of nitrogens with zero attached hydrogens (tertiary/aromatic N) is 1. The van der Waals surface area contributed by atoms with E-state index in [2.05, 4.69) is 12.1 Å². The summed E-state index contributed by atoms with van der Waals surface area (Å²) in [4.78, 5) is 14.7. The van der Waals surface area contributed by atoms with E-state index in [1.807, 2.05) is 23.1 Å². The SMILES string of the molecule is O=C(CC1CCS(=O)(=O)C1)N1CCCCC1Cc1ccccc1. The molecule has 2 saturated heterocycles. The highest BCUT2D eigenvalue weighted by molar-refractivity contribution is 7.91. The first-order chi connectivity index (χ1) is 11.0. The zero-order chi connectivity index (χ0) is 16.3. The quantitative estimate of drug-likeness (QED) is 0.849. The van der Waals surface area contributed by atoms with Crippen molar-refractivity contribution in [1.82, 2.24) is 4.90 Å². The molecule has 0 radical (unpaired) electrons. The van der Waals surface area contributed by atoms with Gasteiger partial charge in [-0.1, -0.05) is 30.3 Å². The van der Waals surface area contributed by atoms with E-state index in [1.54, 1.807) is 0 Å². The van der Waals surface area contributed by atoms with Crippen molar-refractivity contribution in [3.63, 3.8) is 0 Å². The fourth-order valence-electron chi connectivity index (χ4n) is 3.82. The van der Waals surface area contributed by atoms with Gasteiger partial charge in [-0.15, -0.1) is 0 Å². The maximum absolute atomic E-state index is 12.7. The van der Waals surface area contributed by atoms with Gasteiger partial charge < -0.3 is 4.90 Å². The predicted octanol–water partition coefficient (Wildman–Crippen LogP) is 2.43. The van der Waals surface area contributed by atoms with Crippen LogP contribution in [0.1, 0.15) is 37.7 Å². The number of rotatable bonds is 4. The largest absolute Gasteiger partial charge is 0.339 e. The third kappa shape index (κ3) is 4.34. The van der Waals surface area contributed by atoms with E-state index < -0.39 is 9.84 Å². The standard InChI is InChI=1S/C18H25NO3S/c20-18(13-16-9-11-23(21,22)14-16)19-10-5-4-8-17(19)12-15-6-2-1-3-7-15/h1-3,6-7,16-17H,4-5,8-14H2. The van der Waals surface area contributed by atoms with E-state index >= 15 is 0 Å². The lowest BCUT2D eigenvalue weighted by Gasteiger charge is -2.36. The first-order valence-electron chi connectivity index (χ1n) is 8.57. The van der Waals surface area contributed by atoms with Crippen molar-refractivity contribution in [2.24, 2.45) is 5.92 Å². The van der Waals surface area contributed by atoms with E-state index in [1.165, 1.54) is 12.0 Å². The minimum atomic E-state index is -2.90. The Morgan fingerprint density at radius 1 is 1.13 bits per heavy atom. The minimum absolute atomic E-state index is 0.0202. The number of piperidine rings is 1. The Morgan fingerprint density at radius 2 is 1.91 bits per heavy atom. The predicted molar refractivity (Wildman–Crippen MR) is 90.9 cm³/mol. The molecule has 0 saturated carbocycles. The molecule has 0 bridgehead atoms. The van der Waals surface area contributed by atoms with E-state index in [9.17, 15) is 13.2 Å². The molecule has 2 fully saturated rings. The maximum Gasteiger partial charge on any atom is 0.223 e. The van der Waals surface area contributed by atoms with Crippen LogP contribution in [-0.4, -0.2) is 43.3 Å². The second-order valence-electron chi connectivity index (χ2n) is 6.90. The van der Waals surface area contributed by atoms with Crippen LogP contribution in [0.25, 0.3) is 0 Å². The van der Waals surface area contributed by atoms with Gasteiger partial charge in [0.05, 0.1) is 11.5 Å². The van der Waals surface area contributed by atoms with Crippen LogP contribution in [0.5, 0.6) is 0 Å². The lowest BCUT2D eigenvalue weighted by atomic mass is 9.94. The first-order valence-corrected chi connectivity index (χ1v) is 10.4. The lowest BCUT2D eigenvalue weighted by Crippen LogP contribution is -2.45. The zero-order valence-electron chi connectivity index (χ0n) is 13.5. The monoisotopic (exact) mass is 335 g/mol. The summed E-state index contributed by atoms with van der Waals surface area (Å²) in [6, 6.07) is 10.6. The summed E-state index contributed by atoms with van der Waals surface area (Å²) in [5.74, 6) is 0.605. The van der Waals surface area contributed by atoms with Gasteiger partial charge in [-0.2, -0.15) is 0 Å². The third-order valence-corrected chi connectivity index (χ3v) is 6.89. The molecular formula is C18H25NO3S. The molecule has 5 heteroatoms. The maximum atomic E-state index is 12.7. The number of sulfone groups is 1. The van der Waals surface area contributed by atoms with Crippen LogP contribution in [0, 0.1) is 5.92 Å². The van der Waals surface area contributed by atoms with E-state index in [4.69, 9.17) is 0 Å². The number of hydrogen-bond donors (Lipinski definition) is 0. The molecule has 3 rings (SSSR count).